The van der Waals surface area contributed by atoms with Gasteiger partial charge in [-0.15, -0.1) is 0 Å². The smallest absolute Gasteiger partial charge is 0.250 e. The molecule has 2 aromatic rings. The maximum atomic E-state index is 11.9. The highest BCUT2D eigenvalue weighted by atomic mass is 16.1. The van der Waals surface area contributed by atoms with E-state index in [0.29, 0.717) is 13.1 Å². The quantitative estimate of drug-likeness (QED) is 0.876. The molecule has 0 bridgehead atoms. The molecule has 5 nitrogen and oxygen atoms in total. The summed E-state index contributed by atoms with van der Waals surface area (Å²) in [4.78, 5) is 23.6. The van der Waals surface area contributed by atoms with Crippen LogP contribution in [0.5, 0.6) is 0 Å². The average molecular weight is 285 g/mol. The van der Waals surface area contributed by atoms with Crippen LogP contribution in [0.3, 0.4) is 0 Å². The van der Waals surface area contributed by atoms with Crippen LogP contribution in [0.25, 0.3) is 0 Å². The zero-order chi connectivity index (χ0) is 15.2. The van der Waals surface area contributed by atoms with E-state index < -0.39 is 0 Å². The summed E-state index contributed by atoms with van der Waals surface area (Å²) < 4.78 is 1.59. The zero-order valence-corrected chi connectivity index (χ0v) is 12.0. The van der Waals surface area contributed by atoms with Crippen molar-refractivity contribution in [1.82, 2.24) is 4.57 Å². The van der Waals surface area contributed by atoms with Crippen LogP contribution in [0.1, 0.15) is 17.7 Å². The van der Waals surface area contributed by atoms with Crippen molar-refractivity contribution in [3.63, 3.8) is 0 Å². The van der Waals surface area contributed by atoms with Gasteiger partial charge in [-0.2, -0.15) is 0 Å². The molecule has 0 aliphatic heterocycles. The average Bonchev–Trinajstić information content (AvgIpc) is 2.47. The zero-order valence-electron chi connectivity index (χ0n) is 12.0. The van der Waals surface area contributed by atoms with Crippen molar-refractivity contribution in [3.8, 4) is 0 Å². The number of carbonyl (C=O) groups excluding carboxylic acids is 1. The first-order valence-corrected chi connectivity index (χ1v) is 6.85. The molecule has 1 heterocycles. The van der Waals surface area contributed by atoms with Crippen molar-refractivity contribution < 1.29 is 4.79 Å². The lowest BCUT2D eigenvalue weighted by Crippen LogP contribution is -2.24. The van der Waals surface area contributed by atoms with Crippen LogP contribution in [0, 0.1) is 6.92 Å². The number of carbonyl (C=O) groups is 1. The van der Waals surface area contributed by atoms with Gasteiger partial charge in [-0.3, -0.25) is 9.59 Å². The molecular weight excluding hydrogens is 266 g/mol. The molecule has 0 unspecified atom stereocenters. The van der Waals surface area contributed by atoms with E-state index in [1.807, 2.05) is 37.3 Å². The van der Waals surface area contributed by atoms with Crippen molar-refractivity contribution in [3.05, 3.63) is 64.1 Å². The van der Waals surface area contributed by atoms with Crippen molar-refractivity contribution in [2.24, 2.45) is 5.73 Å². The minimum Gasteiger partial charge on any atom is -0.326 e. The molecule has 0 aliphatic carbocycles. The summed E-state index contributed by atoms with van der Waals surface area (Å²) in [6.07, 6.45) is 0.253. The van der Waals surface area contributed by atoms with Crippen LogP contribution in [-0.4, -0.2) is 10.5 Å². The summed E-state index contributed by atoms with van der Waals surface area (Å²) in [5, 5.41) is 2.81. The Kier molecular flexibility index (Phi) is 4.90. The van der Waals surface area contributed by atoms with E-state index >= 15 is 0 Å². The lowest BCUT2D eigenvalue weighted by Gasteiger charge is -2.10. The van der Waals surface area contributed by atoms with E-state index in [-0.39, 0.29) is 17.9 Å². The number of aromatic nitrogens is 1. The lowest BCUT2D eigenvalue weighted by atomic mass is 10.2. The van der Waals surface area contributed by atoms with Crippen LogP contribution in [0.15, 0.2) is 47.3 Å². The Bertz CT molecular complexity index is 675. The predicted molar refractivity (Wildman–Crippen MR) is 83.0 cm³/mol. The van der Waals surface area contributed by atoms with Gasteiger partial charge in [0, 0.05) is 37.0 Å². The number of nitrogens with one attached hydrogen (secondary N) is 1. The van der Waals surface area contributed by atoms with Crippen molar-refractivity contribution in [1.29, 1.82) is 0 Å². The number of hydrogen-bond donors (Lipinski definition) is 2. The first kappa shape index (κ1) is 15.0. The molecule has 1 amide bonds. The second kappa shape index (κ2) is 6.85. The Morgan fingerprint density at radius 3 is 2.52 bits per heavy atom. The summed E-state index contributed by atoms with van der Waals surface area (Å²) >= 11 is 0. The van der Waals surface area contributed by atoms with E-state index in [1.54, 1.807) is 10.6 Å². The number of anilines is 1. The maximum absolute atomic E-state index is 11.9. The van der Waals surface area contributed by atoms with E-state index in [0.717, 1.165) is 16.9 Å². The highest BCUT2D eigenvalue weighted by Gasteiger charge is 2.05. The minimum absolute atomic E-state index is 0.0879. The summed E-state index contributed by atoms with van der Waals surface area (Å²) in [5.41, 5.74) is 8.03. The molecule has 0 spiro atoms. The SMILES string of the molecule is Cc1cccc(=O)n1CCC(=O)Nc1ccc(CN)cc1. The largest absolute Gasteiger partial charge is 0.326 e. The van der Waals surface area contributed by atoms with Gasteiger partial charge in [0.05, 0.1) is 0 Å². The summed E-state index contributed by atoms with van der Waals surface area (Å²) in [6.45, 7) is 2.70. The van der Waals surface area contributed by atoms with Gasteiger partial charge < -0.3 is 15.6 Å². The molecule has 0 atom stereocenters. The van der Waals surface area contributed by atoms with Crippen LogP contribution in [-0.2, 0) is 17.9 Å². The van der Waals surface area contributed by atoms with E-state index in [4.69, 9.17) is 5.73 Å². The molecule has 1 aromatic carbocycles. The molecule has 3 N–H and O–H groups in total. The Labute approximate surface area is 123 Å². The van der Waals surface area contributed by atoms with Crippen LogP contribution >= 0.6 is 0 Å². The number of aryl methyl sites for hydroxylation is 1. The second-order valence-corrected chi connectivity index (χ2v) is 4.86. The Morgan fingerprint density at radius 1 is 1.19 bits per heavy atom. The van der Waals surface area contributed by atoms with Gasteiger partial charge in [0.1, 0.15) is 0 Å². The monoisotopic (exact) mass is 285 g/mol. The molecule has 0 saturated heterocycles. The number of benzene rings is 1. The highest BCUT2D eigenvalue weighted by Crippen LogP contribution is 2.09. The topological polar surface area (TPSA) is 77.1 Å². The number of amides is 1. The first-order chi connectivity index (χ1) is 10.1. The van der Waals surface area contributed by atoms with Crippen LogP contribution in [0.2, 0.25) is 0 Å². The number of pyridine rings is 1. The third-order valence-corrected chi connectivity index (χ3v) is 3.30. The second-order valence-electron chi connectivity index (χ2n) is 4.86. The first-order valence-electron chi connectivity index (χ1n) is 6.85. The minimum atomic E-state index is -0.120. The number of rotatable bonds is 5. The van der Waals surface area contributed by atoms with Gasteiger partial charge in [-0.1, -0.05) is 18.2 Å². The molecule has 0 radical (unpaired) electrons. The molecule has 1 aromatic heterocycles. The van der Waals surface area contributed by atoms with Crippen molar-refractivity contribution >= 4 is 11.6 Å². The standard InChI is InChI=1S/C16H19N3O2/c1-12-3-2-4-16(21)19(12)10-9-15(20)18-14-7-5-13(11-17)6-8-14/h2-8H,9-11,17H2,1H3,(H,18,20). The summed E-state index contributed by atoms with van der Waals surface area (Å²) in [7, 11) is 0. The maximum Gasteiger partial charge on any atom is 0.250 e. The van der Waals surface area contributed by atoms with Crippen LogP contribution < -0.4 is 16.6 Å². The van der Waals surface area contributed by atoms with E-state index in [9.17, 15) is 9.59 Å². The Hall–Kier alpha value is -2.40. The molecular formula is C16H19N3O2. The molecule has 0 saturated carbocycles. The number of nitrogens with zero attached hydrogens (tertiary/aromatic N) is 1. The van der Waals surface area contributed by atoms with Gasteiger partial charge >= 0.3 is 0 Å². The van der Waals surface area contributed by atoms with Gasteiger partial charge in [-0.05, 0) is 30.7 Å². The normalized spacial score (nSPS) is 10.4. The fourth-order valence-electron chi connectivity index (χ4n) is 2.07. The van der Waals surface area contributed by atoms with Gasteiger partial charge in [0.15, 0.2) is 0 Å². The lowest BCUT2D eigenvalue weighted by molar-refractivity contribution is -0.116. The van der Waals surface area contributed by atoms with Gasteiger partial charge in [0.25, 0.3) is 5.56 Å². The molecule has 21 heavy (non-hydrogen) atoms. The fourth-order valence-corrected chi connectivity index (χ4v) is 2.07. The summed E-state index contributed by atoms with van der Waals surface area (Å²) in [5.74, 6) is -0.120. The third kappa shape index (κ3) is 4.03. The molecule has 2 rings (SSSR count). The number of hydrogen-bond acceptors (Lipinski definition) is 3. The Balaban J connectivity index is 1.94. The third-order valence-electron chi connectivity index (χ3n) is 3.30. The van der Waals surface area contributed by atoms with Gasteiger partial charge in [0.2, 0.25) is 5.91 Å². The molecule has 110 valence electrons. The number of nitrogens with two attached hydrogens (primary N) is 1. The van der Waals surface area contributed by atoms with Crippen LogP contribution in [0.4, 0.5) is 5.69 Å². The van der Waals surface area contributed by atoms with Crippen molar-refractivity contribution in [2.75, 3.05) is 5.32 Å². The molecule has 5 heteroatoms. The highest BCUT2D eigenvalue weighted by molar-refractivity contribution is 5.90. The van der Waals surface area contributed by atoms with E-state index in [1.165, 1.54) is 6.07 Å². The molecule has 0 aliphatic rings. The molecule has 0 fully saturated rings. The van der Waals surface area contributed by atoms with E-state index in [2.05, 4.69) is 5.32 Å². The predicted octanol–water partition coefficient (Wildman–Crippen LogP) is 1.64. The summed E-state index contributed by atoms with van der Waals surface area (Å²) in [6, 6.07) is 12.5. The fraction of sp³-hybridized carbons (Fsp3) is 0.250. The van der Waals surface area contributed by atoms with Crippen molar-refractivity contribution in [2.45, 2.75) is 26.4 Å². The van der Waals surface area contributed by atoms with Gasteiger partial charge in [-0.25, -0.2) is 0 Å². The Morgan fingerprint density at radius 2 is 1.90 bits per heavy atom.